The van der Waals surface area contributed by atoms with E-state index >= 15 is 0 Å². The number of rotatable bonds is 5. The zero-order valence-electron chi connectivity index (χ0n) is 9.39. The number of ether oxygens (including phenoxy) is 1. The van der Waals surface area contributed by atoms with Crippen molar-refractivity contribution >= 4 is 11.3 Å². The van der Waals surface area contributed by atoms with E-state index in [0.29, 0.717) is 11.6 Å². The van der Waals surface area contributed by atoms with Crippen molar-refractivity contribution in [1.29, 1.82) is 0 Å². The van der Waals surface area contributed by atoms with Gasteiger partial charge < -0.3 is 10.1 Å². The highest BCUT2D eigenvalue weighted by Gasteiger charge is 2.41. The normalized spacial score (nSPS) is 16.1. The summed E-state index contributed by atoms with van der Waals surface area (Å²) >= 11 is 1.36. The molecule has 1 aliphatic heterocycles. The molecule has 0 saturated carbocycles. The van der Waals surface area contributed by atoms with E-state index in [9.17, 15) is 17.6 Å². The topological polar surface area (TPSA) is 34.1 Å². The van der Waals surface area contributed by atoms with Crippen molar-refractivity contribution in [3.05, 3.63) is 15.6 Å². The molecule has 18 heavy (non-hydrogen) atoms. The number of nitrogens with one attached hydrogen (secondary N) is 1. The molecule has 1 aromatic heterocycles. The molecule has 1 aromatic rings. The van der Waals surface area contributed by atoms with Gasteiger partial charge in [0, 0.05) is 24.4 Å². The van der Waals surface area contributed by atoms with Gasteiger partial charge in [-0.25, -0.2) is 13.8 Å². The van der Waals surface area contributed by atoms with E-state index in [1.54, 1.807) is 0 Å². The van der Waals surface area contributed by atoms with E-state index in [1.165, 1.54) is 11.3 Å². The summed E-state index contributed by atoms with van der Waals surface area (Å²) in [5.41, 5.74) is 0.943. The molecule has 0 radical (unpaired) electrons. The third-order valence-corrected chi connectivity index (χ3v) is 3.56. The van der Waals surface area contributed by atoms with Gasteiger partial charge in [-0.1, -0.05) is 0 Å². The number of fused-ring (bicyclic) bond motifs is 1. The van der Waals surface area contributed by atoms with E-state index in [-0.39, 0.29) is 6.61 Å². The van der Waals surface area contributed by atoms with Gasteiger partial charge in [-0.05, 0) is 0 Å². The van der Waals surface area contributed by atoms with E-state index in [4.69, 9.17) is 0 Å². The largest absolute Gasteiger partial charge is 0.368 e. The van der Waals surface area contributed by atoms with Crippen LogP contribution < -0.4 is 5.32 Å². The maximum atomic E-state index is 12.6. The fraction of sp³-hybridized carbons (Fsp3) is 0.700. The number of hydrogen-bond donors (Lipinski definition) is 1. The second-order valence-corrected chi connectivity index (χ2v) is 5.13. The van der Waals surface area contributed by atoms with Gasteiger partial charge in [0.2, 0.25) is 0 Å². The lowest BCUT2D eigenvalue weighted by Crippen LogP contribution is -2.32. The van der Waals surface area contributed by atoms with Crippen molar-refractivity contribution in [2.24, 2.45) is 0 Å². The summed E-state index contributed by atoms with van der Waals surface area (Å²) in [7, 11) is 0. The summed E-state index contributed by atoms with van der Waals surface area (Å²) in [4.78, 5) is 5.29. The summed E-state index contributed by atoms with van der Waals surface area (Å²) in [5, 5.41) is 3.71. The smallest absolute Gasteiger partial charge is 0.330 e. The average molecular weight is 284 g/mol. The standard InChI is InChI=1S/C10H12F4N2OS/c11-9(12)10(13,14)5-17-4-8-16-6-1-2-15-3-7(6)18-8/h9,15H,1-5H2. The SMILES string of the molecule is FC(F)C(F)(F)COCc1nc2c(s1)CNCC2. The number of nitrogens with zero attached hydrogens (tertiary/aromatic N) is 1. The van der Waals surface area contributed by atoms with Crippen molar-refractivity contribution in [3.8, 4) is 0 Å². The third-order valence-electron chi connectivity index (χ3n) is 2.49. The van der Waals surface area contributed by atoms with Crippen molar-refractivity contribution in [1.82, 2.24) is 10.3 Å². The summed E-state index contributed by atoms with van der Waals surface area (Å²) in [6, 6.07) is 0. The Kier molecular flexibility index (Phi) is 4.18. The molecule has 0 aromatic carbocycles. The van der Waals surface area contributed by atoms with Gasteiger partial charge in [0.1, 0.15) is 11.6 Å². The van der Waals surface area contributed by atoms with Gasteiger partial charge in [-0.15, -0.1) is 11.3 Å². The van der Waals surface area contributed by atoms with Crippen LogP contribution in [0.3, 0.4) is 0 Å². The number of hydrogen-bond acceptors (Lipinski definition) is 4. The highest BCUT2D eigenvalue weighted by atomic mass is 32.1. The molecule has 2 heterocycles. The zero-order chi connectivity index (χ0) is 13.2. The summed E-state index contributed by atoms with van der Waals surface area (Å²) in [6.07, 6.45) is -2.91. The molecule has 1 aliphatic rings. The predicted molar refractivity (Wildman–Crippen MR) is 58.1 cm³/mol. The van der Waals surface area contributed by atoms with Gasteiger partial charge in [-0.3, -0.25) is 0 Å². The lowest BCUT2D eigenvalue weighted by atomic mass is 10.2. The average Bonchev–Trinajstić information content (AvgIpc) is 2.70. The lowest BCUT2D eigenvalue weighted by molar-refractivity contribution is -0.168. The molecule has 0 fully saturated rings. The minimum absolute atomic E-state index is 0.153. The molecule has 0 bridgehead atoms. The van der Waals surface area contributed by atoms with E-state index in [2.05, 4.69) is 15.0 Å². The van der Waals surface area contributed by atoms with Crippen LogP contribution in [0.2, 0.25) is 0 Å². The molecule has 1 N–H and O–H groups in total. The van der Waals surface area contributed by atoms with Gasteiger partial charge in [0.15, 0.2) is 0 Å². The van der Waals surface area contributed by atoms with Gasteiger partial charge >= 0.3 is 12.3 Å². The fourth-order valence-electron chi connectivity index (χ4n) is 1.58. The number of aromatic nitrogens is 1. The van der Waals surface area contributed by atoms with Gasteiger partial charge in [0.25, 0.3) is 0 Å². The maximum Gasteiger partial charge on any atom is 0.330 e. The second-order valence-electron chi connectivity index (χ2n) is 3.96. The van der Waals surface area contributed by atoms with Crippen LogP contribution in [0, 0.1) is 0 Å². The Hall–Kier alpha value is -0.730. The lowest BCUT2D eigenvalue weighted by Gasteiger charge is -2.14. The van der Waals surface area contributed by atoms with Crippen molar-refractivity contribution in [2.45, 2.75) is 31.9 Å². The second kappa shape index (κ2) is 5.50. The zero-order valence-corrected chi connectivity index (χ0v) is 10.2. The molecule has 0 aliphatic carbocycles. The highest BCUT2D eigenvalue weighted by Crippen LogP contribution is 2.25. The van der Waals surface area contributed by atoms with E-state index in [0.717, 1.165) is 23.5 Å². The molecule has 0 saturated heterocycles. The van der Waals surface area contributed by atoms with Crippen LogP contribution in [0.1, 0.15) is 15.6 Å². The molecular weight excluding hydrogens is 272 g/mol. The Labute approximate surface area is 105 Å². The predicted octanol–water partition coefficient (Wildman–Crippen LogP) is 2.21. The Bertz CT molecular complexity index is 387. The van der Waals surface area contributed by atoms with Crippen molar-refractivity contribution in [2.75, 3.05) is 13.2 Å². The number of alkyl halides is 4. The van der Waals surface area contributed by atoms with Gasteiger partial charge in [-0.2, -0.15) is 8.78 Å². The Balaban J connectivity index is 1.85. The third kappa shape index (κ3) is 3.18. The summed E-state index contributed by atoms with van der Waals surface area (Å²) < 4.78 is 53.5. The first kappa shape index (κ1) is 13.7. The van der Waals surface area contributed by atoms with Crippen molar-refractivity contribution in [3.63, 3.8) is 0 Å². The Morgan fingerprint density at radius 1 is 1.44 bits per heavy atom. The first-order chi connectivity index (χ1) is 8.49. The minimum atomic E-state index is -4.10. The van der Waals surface area contributed by atoms with Crippen LogP contribution in [0.25, 0.3) is 0 Å². The summed E-state index contributed by atoms with van der Waals surface area (Å²) in [6.45, 7) is 0.105. The molecule has 8 heteroatoms. The first-order valence-corrected chi connectivity index (χ1v) is 6.22. The van der Waals surface area contributed by atoms with Crippen LogP contribution in [0.5, 0.6) is 0 Å². The molecule has 102 valence electrons. The molecule has 0 atom stereocenters. The molecule has 0 unspecified atom stereocenters. The van der Waals surface area contributed by atoms with Crippen LogP contribution in [-0.4, -0.2) is 30.5 Å². The Morgan fingerprint density at radius 3 is 2.89 bits per heavy atom. The molecule has 0 amide bonds. The van der Waals surface area contributed by atoms with Crippen LogP contribution in [-0.2, 0) is 24.3 Å². The summed E-state index contributed by atoms with van der Waals surface area (Å²) in [5.74, 6) is -4.10. The van der Waals surface area contributed by atoms with Crippen LogP contribution in [0.4, 0.5) is 17.6 Å². The first-order valence-electron chi connectivity index (χ1n) is 5.41. The monoisotopic (exact) mass is 284 g/mol. The molecular formula is C10H12F4N2OS. The van der Waals surface area contributed by atoms with Crippen molar-refractivity contribution < 1.29 is 22.3 Å². The molecule has 0 spiro atoms. The molecule has 3 nitrogen and oxygen atoms in total. The van der Waals surface area contributed by atoms with E-state index in [1.807, 2.05) is 0 Å². The quantitative estimate of drug-likeness (QED) is 0.842. The fourth-order valence-corrected chi connectivity index (χ4v) is 2.60. The maximum absolute atomic E-state index is 12.6. The minimum Gasteiger partial charge on any atom is -0.368 e. The van der Waals surface area contributed by atoms with Crippen LogP contribution >= 0.6 is 11.3 Å². The van der Waals surface area contributed by atoms with Crippen LogP contribution in [0.15, 0.2) is 0 Å². The Morgan fingerprint density at radius 2 is 2.22 bits per heavy atom. The number of thiazole rings is 1. The molecule has 2 rings (SSSR count). The van der Waals surface area contributed by atoms with E-state index < -0.39 is 19.0 Å². The number of halogens is 4. The highest BCUT2D eigenvalue weighted by molar-refractivity contribution is 7.11. The van der Waals surface area contributed by atoms with Gasteiger partial charge in [0.05, 0.1) is 12.3 Å².